The summed E-state index contributed by atoms with van der Waals surface area (Å²) >= 11 is 5.71. The standard InChI is InChI=1S/C12H11ClF3NO3/c13-9-3-1-2-8(6-9)7-17(5-4-10(18)19)11(20)12(14,15)16/h1-3,6H,4-5,7H2,(H,18,19). The molecular weight excluding hydrogens is 299 g/mol. The molecule has 8 heteroatoms. The Kier molecular flexibility index (Phi) is 5.38. The molecule has 0 atom stereocenters. The molecule has 0 unspecified atom stereocenters. The van der Waals surface area contributed by atoms with Gasteiger partial charge in [-0.15, -0.1) is 0 Å². The monoisotopic (exact) mass is 309 g/mol. The van der Waals surface area contributed by atoms with E-state index in [0.29, 0.717) is 15.5 Å². The van der Waals surface area contributed by atoms with Gasteiger partial charge in [-0.25, -0.2) is 0 Å². The van der Waals surface area contributed by atoms with Crippen LogP contribution in [-0.4, -0.2) is 34.6 Å². The number of hydrogen-bond acceptors (Lipinski definition) is 2. The molecule has 0 radical (unpaired) electrons. The van der Waals surface area contributed by atoms with Gasteiger partial charge in [-0.3, -0.25) is 9.59 Å². The Balaban J connectivity index is 2.87. The number of benzene rings is 1. The highest BCUT2D eigenvalue weighted by atomic mass is 35.5. The third kappa shape index (κ3) is 5.08. The van der Waals surface area contributed by atoms with Crippen LogP contribution in [0, 0.1) is 0 Å². The van der Waals surface area contributed by atoms with E-state index >= 15 is 0 Å². The van der Waals surface area contributed by atoms with Crippen molar-refractivity contribution in [3.05, 3.63) is 34.9 Å². The van der Waals surface area contributed by atoms with Gasteiger partial charge in [0.05, 0.1) is 6.42 Å². The number of alkyl halides is 3. The number of amides is 1. The number of carboxylic acids is 1. The molecule has 1 aromatic rings. The Morgan fingerprint density at radius 2 is 1.95 bits per heavy atom. The first-order chi connectivity index (χ1) is 9.20. The van der Waals surface area contributed by atoms with Gasteiger partial charge in [0.1, 0.15) is 0 Å². The van der Waals surface area contributed by atoms with Crippen molar-refractivity contribution in [1.29, 1.82) is 0 Å². The van der Waals surface area contributed by atoms with E-state index < -0.39 is 31.0 Å². The van der Waals surface area contributed by atoms with Crippen molar-refractivity contribution in [3.8, 4) is 0 Å². The van der Waals surface area contributed by atoms with Gasteiger partial charge in [0.15, 0.2) is 0 Å². The van der Waals surface area contributed by atoms with Gasteiger partial charge in [0.25, 0.3) is 0 Å². The van der Waals surface area contributed by atoms with Crippen molar-refractivity contribution in [3.63, 3.8) is 0 Å². The minimum absolute atomic E-state index is 0.320. The molecule has 0 heterocycles. The van der Waals surface area contributed by atoms with Crippen LogP contribution in [-0.2, 0) is 16.1 Å². The zero-order valence-electron chi connectivity index (χ0n) is 10.2. The van der Waals surface area contributed by atoms with E-state index in [1.54, 1.807) is 0 Å². The molecule has 4 nitrogen and oxygen atoms in total. The molecule has 0 saturated heterocycles. The molecule has 0 saturated carbocycles. The summed E-state index contributed by atoms with van der Waals surface area (Å²) in [6.07, 6.45) is -5.61. The maximum Gasteiger partial charge on any atom is 0.471 e. The quantitative estimate of drug-likeness (QED) is 0.910. The van der Waals surface area contributed by atoms with Crippen molar-refractivity contribution in [2.45, 2.75) is 19.1 Å². The van der Waals surface area contributed by atoms with Crippen LogP contribution >= 0.6 is 11.6 Å². The number of halogens is 4. The molecule has 0 aliphatic rings. The fourth-order valence-corrected chi connectivity index (χ4v) is 1.73. The first-order valence-corrected chi connectivity index (χ1v) is 5.90. The summed E-state index contributed by atoms with van der Waals surface area (Å²) < 4.78 is 37.3. The minimum atomic E-state index is -5.04. The van der Waals surface area contributed by atoms with E-state index in [9.17, 15) is 22.8 Å². The van der Waals surface area contributed by atoms with Gasteiger partial charge >= 0.3 is 18.1 Å². The second-order valence-electron chi connectivity index (χ2n) is 4.00. The molecule has 0 aliphatic carbocycles. The third-order valence-corrected chi connectivity index (χ3v) is 2.62. The maximum absolute atomic E-state index is 12.4. The highest BCUT2D eigenvalue weighted by molar-refractivity contribution is 6.30. The summed E-state index contributed by atoms with van der Waals surface area (Å²) in [7, 11) is 0. The van der Waals surface area contributed by atoms with Crippen LogP contribution in [0.5, 0.6) is 0 Å². The van der Waals surface area contributed by atoms with Crippen molar-refractivity contribution in [1.82, 2.24) is 4.90 Å². The van der Waals surface area contributed by atoms with E-state index in [-0.39, 0.29) is 6.54 Å². The minimum Gasteiger partial charge on any atom is -0.481 e. The van der Waals surface area contributed by atoms with Crippen LogP contribution in [0.4, 0.5) is 13.2 Å². The molecule has 0 bridgehead atoms. The molecule has 0 spiro atoms. The van der Waals surface area contributed by atoms with Crippen molar-refractivity contribution >= 4 is 23.5 Å². The summed E-state index contributed by atoms with van der Waals surface area (Å²) in [6, 6.07) is 5.99. The SMILES string of the molecule is O=C(O)CCN(Cc1cccc(Cl)c1)C(=O)C(F)(F)F. The molecule has 1 aromatic carbocycles. The predicted molar refractivity (Wildman–Crippen MR) is 65.2 cm³/mol. The fraction of sp³-hybridized carbons (Fsp3) is 0.333. The van der Waals surface area contributed by atoms with Gasteiger partial charge in [-0.2, -0.15) is 13.2 Å². The van der Waals surface area contributed by atoms with Gasteiger partial charge in [0.2, 0.25) is 0 Å². The summed E-state index contributed by atoms with van der Waals surface area (Å²) in [5, 5.41) is 8.84. The first-order valence-electron chi connectivity index (χ1n) is 5.52. The summed E-state index contributed by atoms with van der Waals surface area (Å²) in [5.74, 6) is -3.35. The van der Waals surface area contributed by atoms with Crippen molar-refractivity contribution < 1.29 is 27.9 Å². The average Bonchev–Trinajstić information content (AvgIpc) is 2.32. The number of carbonyl (C=O) groups is 2. The largest absolute Gasteiger partial charge is 0.481 e. The molecule has 1 N–H and O–H groups in total. The second kappa shape index (κ2) is 6.60. The molecule has 1 rings (SSSR count). The Morgan fingerprint density at radius 1 is 1.30 bits per heavy atom. The van der Waals surface area contributed by atoms with E-state index in [1.807, 2.05) is 0 Å². The summed E-state index contributed by atoms with van der Waals surface area (Å²) in [4.78, 5) is 22.1. The lowest BCUT2D eigenvalue weighted by Gasteiger charge is -2.23. The van der Waals surface area contributed by atoms with Crippen LogP contribution in [0.1, 0.15) is 12.0 Å². The fourth-order valence-electron chi connectivity index (χ4n) is 1.52. The Morgan fingerprint density at radius 3 is 2.45 bits per heavy atom. The maximum atomic E-state index is 12.4. The molecule has 0 fully saturated rings. The lowest BCUT2D eigenvalue weighted by Crippen LogP contribution is -2.41. The third-order valence-electron chi connectivity index (χ3n) is 2.39. The normalized spacial score (nSPS) is 11.2. The number of nitrogens with zero attached hydrogens (tertiary/aromatic N) is 1. The van der Waals surface area contributed by atoms with Crippen LogP contribution in [0.25, 0.3) is 0 Å². The van der Waals surface area contributed by atoms with Crippen LogP contribution in [0.2, 0.25) is 5.02 Å². The molecule has 20 heavy (non-hydrogen) atoms. The van der Waals surface area contributed by atoms with Gasteiger partial charge in [-0.05, 0) is 17.7 Å². The van der Waals surface area contributed by atoms with Gasteiger partial charge < -0.3 is 10.0 Å². The van der Waals surface area contributed by atoms with Gasteiger partial charge in [-0.1, -0.05) is 23.7 Å². The molecule has 0 aliphatic heterocycles. The number of carbonyl (C=O) groups excluding carboxylic acids is 1. The summed E-state index contributed by atoms with van der Waals surface area (Å²) in [6.45, 7) is -0.883. The predicted octanol–water partition coefficient (Wildman–Crippen LogP) is 2.71. The van der Waals surface area contributed by atoms with Gasteiger partial charge in [0, 0.05) is 18.1 Å². The van der Waals surface area contributed by atoms with Crippen LogP contribution < -0.4 is 0 Å². The van der Waals surface area contributed by atoms with E-state index in [0.717, 1.165) is 0 Å². The first kappa shape index (κ1) is 16.3. The average molecular weight is 310 g/mol. The van der Waals surface area contributed by atoms with Crippen molar-refractivity contribution in [2.24, 2.45) is 0 Å². The molecule has 1 amide bonds. The molecule has 0 aromatic heterocycles. The summed E-state index contributed by atoms with van der Waals surface area (Å²) in [5.41, 5.74) is 0.389. The highest BCUT2D eigenvalue weighted by Crippen LogP contribution is 2.21. The van der Waals surface area contributed by atoms with E-state index in [4.69, 9.17) is 16.7 Å². The number of rotatable bonds is 5. The van der Waals surface area contributed by atoms with Crippen LogP contribution in [0.3, 0.4) is 0 Å². The lowest BCUT2D eigenvalue weighted by molar-refractivity contribution is -0.186. The second-order valence-corrected chi connectivity index (χ2v) is 4.43. The zero-order chi connectivity index (χ0) is 15.3. The van der Waals surface area contributed by atoms with Crippen molar-refractivity contribution in [2.75, 3.05) is 6.54 Å². The molecular formula is C12H11ClF3NO3. The Labute approximate surface area is 117 Å². The lowest BCUT2D eigenvalue weighted by atomic mass is 10.2. The number of carboxylic acid groups (broad SMARTS) is 1. The highest BCUT2D eigenvalue weighted by Gasteiger charge is 2.42. The zero-order valence-corrected chi connectivity index (χ0v) is 10.9. The topological polar surface area (TPSA) is 57.6 Å². The van der Waals surface area contributed by atoms with Crippen LogP contribution in [0.15, 0.2) is 24.3 Å². The van der Waals surface area contributed by atoms with E-state index in [2.05, 4.69) is 0 Å². The Bertz CT molecular complexity index is 505. The smallest absolute Gasteiger partial charge is 0.471 e. The van der Waals surface area contributed by atoms with E-state index in [1.165, 1.54) is 24.3 Å². The Hall–Kier alpha value is -1.76. The number of hydrogen-bond donors (Lipinski definition) is 1. The number of aliphatic carboxylic acids is 1. The molecule has 110 valence electrons.